The predicted molar refractivity (Wildman–Crippen MR) is 184 cm³/mol. The van der Waals surface area contributed by atoms with Crippen molar-refractivity contribution < 1.29 is 33.4 Å². The maximum absolute atomic E-state index is 14.4. The van der Waals surface area contributed by atoms with E-state index in [2.05, 4.69) is 28.1 Å². The van der Waals surface area contributed by atoms with E-state index < -0.39 is 47.7 Å². The van der Waals surface area contributed by atoms with Crippen LogP contribution in [-0.4, -0.2) is 89.2 Å². The average molecular weight is 690 g/mol. The van der Waals surface area contributed by atoms with Crippen molar-refractivity contribution in [3.8, 4) is 0 Å². The van der Waals surface area contributed by atoms with Crippen LogP contribution in [0.4, 0.5) is 9.59 Å². The Morgan fingerprint density at radius 3 is 2.50 bits per heavy atom. The highest BCUT2D eigenvalue weighted by Gasteiger charge is 2.61. The van der Waals surface area contributed by atoms with E-state index in [0.717, 1.165) is 69.8 Å². The lowest BCUT2D eigenvalue weighted by atomic mass is 10.0. The zero-order valence-electron chi connectivity index (χ0n) is 28.9. The Morgan fingerprint density at radius 1 is 0.920 bits per heavy atom. The Bertz CT molecular complexity index is 1490. The number of ether oxygens (including phenoxy) is 2. The summed E-state index contributed by atoms with van der Waals surface area (Å²) in [4.78, 5) is 71.8. The molecule has 0 unspecified atom stereocenters. The van der Waals surface area contributed by atoms with Crippen molar-refractivity contribution in [2.24, 2.45) is 11.8 Å². The average Bonchev–Trinajstić information content (AvgIpc) is 3.96. The van der Waals surface area contributed by atoms with Gasteiger partial charge < -0.3 is 35.2 Å². The molecule has 270 valence electrons. The summed E-state index contributed by atoms with van der Waals surface area (Å²) in [6.07, 6.45) is 12.9. The quantitative estimate of drug-likeness (QED) is 0.381. The first-order valence-electron chi connectivity index (χ1n) is 18.9. The number of alkyl carbamates (subject to hydrolysis) is 1. The third-order valence-corrected chi connectivity index (χ3v) is 11.4. The molecule has 4 fully saturated rings. The molecule has 7 rings (SSSR count). The van der Waals surface area contributed by atoms with E-state index in [0.29, 0.717) is 44.8 Å². The van der Waals surface area contributed by atoms with Gasteiger partial charge in [0.2, 0.25) is 17.7 Å². The Hall–Kier alpha value is -4.09. The first-order chi connectivity index (χ1) is 24.3. The van der Waals surface area contributed by atoms with E-state index in [9.17, 15) is 24.0 Å². The fourth-order valence-corrected chi connectivity index (χ4v) is 8.08. The van der Waals surface area contributed by atoms with Crippen LogP contribution < -0.4 is 16.0 Å². The van der Waals surface area contributed by atoms with E-state index in [4.69, 9.17) is 9.47 Å². The van der Waals surface area contributed by atoms with Gasteiger partial charge in [0.1, 0.15) is 29.8 Å². The minimum absolute atomic E-state index is 0.00709. The van der Waals surface area contributed by atoms with Gasteiger partial charge >= 0.3 is 12.2 Å². The van der Waals surface area contributed by atoms with Crippen LogP contribution in [0.1, 0.15) is 94.6 Å². The smallest absolute Gasteiger partial charge is 0.410 e. The van der Waals surface area contributed by atoms with Crippen molar-refractivity contribution >= 4 is 29.9 Å². The highest BCUT2D eigenvalue weighted by Crippen LogP contribution is 2.46. The Labute approximate surface area is 294 Å². The van der Waals surface area contributed by atoms with E-state index in [-0.39, 0.29) is 30.9 Å². The SMILES string of the molecule is O=C(N[C@H]1CCCCCC=C[C@@H]2C[C@@]2(C(=O)NCC2CC2)NC(=O)[C@@H]2C[C@@H](OC(=O)N3CCc4ccccc4C3)CN2C1=O)OC1CCCC1. The van der Waals surface area contributed by atoms with Crippen LogP contribution in [0.15, 0.2) is 36.4 Å². The molecule has 5 amide bonds. The minimum atomic E-state index is -1.09. The van der Waals surface area contributed by atoms with Crippen LogP contribution >= 0.6 is 0 Å². The summed E-state index contributed by atoms with van der Waals surface area (Å²) in [5, 5.41) is 8.96. The van der Waals surface area contributed by atoms with Crippen LogP contribution in [-0.2, 0) is 36.8 Å². The number of carbonyl (C=O) groups excluding carboxylic acids is 5. The van der Waals surface area contributed by atoms with Gasteiger partial charge in [-0.05, 0) is 87.7 Å². The molecule has 3 aliphatic carbocycles. The lowest BCUT2D eigenvalue weighted by Gasteiger charge is -2.30. The third-order valence-electron chi connectivity index (χ3n) is 11.4. The van der Waals surface area contributed by atoms with Gasteiger partial charge in [0.05, 0.1) is 6.54 Å². The van der Waals surface area contributed by atoms with Gasteiger partial charge in [-0.1, -0.05) is 49.3 Å². The van der Waals surface area contributed by atoms with Crippen molar-refractivity contribution in [2.75, 3.05) is 19.6 Å². The summed E-state index contributed by atoms with van der Waals surface area (Å²) < 4.78 is 11.7. The van der Waals surface area contributed by atoms with Crippen molar-refractivity contribution in [3.05, 3.63) is 47.5 Å². The van der Waals surface area contributed by atoms with Crippen LogP contribution in [0.25, 0.3) is 0 Å². The molecule has 3 heterocycles. The summed E-state index contributed by atoms with van der Waals surface area (Å²) in [5.74, 6) is -0.723. The molecule has 0 spiro atoms. The van der Waals surface area contributed by atoms with Crippen LogP contribution in [0.3, 0.4) is 0 Å². The fourth-order valence-electron chi connectivity index (χ4n) is 8.08. The topological polar surface area (TPSA) is 146 Å². The van der Waals surface area contributed by atoms with E-state index in [1.54, 1.807) is 4.90 Å². The monoisotopic (exact) mass is 689 g/mol. The second-order valence-electron chi connectivity index (χ2n) is 15.2. The number of carbonyl (C=O) groups is 5. The van der Waals surface area contributed by atoms with E-state index >= 15 is 0 Å². The molecule has 1 saturated heterocycles. The van der Waals surface area contributed by atoms with Gasteiger partial charge in [0.15, 0.2) is 0 Å². The minimum Gasteiger partial charge on any atom is -0.446 e. The van der Waals surface area contributed by atoms with Crippen molar-refractivity contribution in [1.29, 1.82) is 0 Å². The first kappa shape index (κ1) is 34.4. The van der Waals surface area contributed by atoms with Gasteiger partial charge in [0, 0.05) is 32.0 Å². The van der Waals surface area contributed by atoms with Gasteiger partial charge in [-0.15, -0.1) is 0 Å². The lowest BCUT2D eigenvalue weighted by Crippen LogP contribution is -2.58. The van der Waals surface area contributed by atoms with Crippen LogP contribution in [0.5, 0.6) is 0 Å². The number of amides is 5. The van der Waals surface area contributed by atoms with Gasteiger partial charge in [0.25, 0.3) is 0 Å². The van der Waals surface area contributed by atoms with Crippen LogP contribution in [0.2, 0.25) is 0 Å². The summed E-state index contributed by atoms with van der Waals surface area (Å²) in [6, 6.07) is 6.13. The molecular weight excluding hydrogens is 638 g/mol. The summed E-state index contributed by atoms with van der Waals surface area (Å²) >= 11 is 0. The number of fused-ring (bicyclic) bond motifs is 3. The zero-order chi connectivity index (χ0) is 34.7. The van der Waals surface area contributed by atoms with Crippen molar-refractivity contribution in [2.45, 2.75) is 126 Å². The normalized spacial score (nSPS) is 30.2. The number of allylic oxidation sites excluding steroid dienone is 1. The maximum atomic E-state index is 14.4. The molecule has 12 nitrogen and oxygen atoms in total. The van der Waals surface area contributed by atoms with Crippen molar-refractivity contribution in [1.82, 2.24) is 25.8 Å². The molecule has 3 N–H and O–H groups in total. The van der Waals surface area contributed by atoms with E-state index in [1.807, 2.05) is 24.3 Å². The number of rotatable bonds is 6. The number of hydrogen-bond donors (Lipinski definition) is 3. The fraction of sp³-hybridized carbons (Fsp3) is 0.658. The Balaban J connectivity index is 1.10. The third kappa shape index (κ3) is 7.94. The highest BCUT2D eigenvalue weighted by molar-refractivity contribution is 5.98. The molecule has 1 aromatic rings. The largest absolute Gasteiger partial charge is 0.446 e. The molecule has 0 radical (unpaired) electrons. The highest BCUT2D eigenvalue weighted by atomic mass is 16.6. The molecule has 3 saturated carbocycles. The molecule has 12 heteroatoms. The Morgan fingerprint density at radius 2 is 1.70 bits per heavy atom. The summed E-state index contributed by atoms with van der Waals surface area (Å²) in [5.41, 5.74) is 1.19. The zero-order valence-corrected chi connectivity index (χ0v) is 28.9. The molecule has 5 atom stereocenters. The van der Waals surface area contributed by atoms with Crippen LogP contribution in [0, 0.1) is 11.8 Å². The molecule has 3 aliphatic heterocycles. The molecule has 50 heavy (non-hydrogen) atoms. The molecule has 0 aromatic heterocycles. The molecule has 1 aromatic carbocycles. The lowest BCUT2D eigenvalue weighted by molar-refractivity contribution is -0.141. The molecule has 0 bridgehead atoms. The second-order valence-corrected chi connectivity index (χ2v) is 15.2. The molecular formula is C38H51N5O7. The van der Waals surface area contributed by atoms with Gasteiger partial charge in [-0.3, -0.25) is 14.4 Å². The predicted octanol–water partition coefficient (Wildman–Crippen LogP) is 4.11. The van der Waals surface area contributed by atoms with Gasteiger partial charge in [-0.25, -0.2) is 9.59 Å². The first-order valence-corrected chi connectivity index (χ1v) is 18.9. The van der Waals surface area contributed by atoms with E-state index in [1.165, 1.54) is 10.5 Å². The van der Waals surface area contributed by atoms with Gasteiger partial charge in [-0.2, -0.15) is 0 Å². The number of nitrogens with zero attached hydrogens (tertiary/aromatic N) is 2. The van der Waals surface area contributed by atoms with Crippen molar-refractivity contribution in [3.63, 3.8) is 0 Å². The standard InChI is InChI=1S/C38H51N5O7/c44-33-32-20-30(50-37(48)42-19-18-26-10-6-7-11-27(26)23-42)24-43(32)34(45)31(40-36(47)49-29-13-8-9-14-29)15-5-3-1-2-4-12-28-21-38(28,41-33)35(46)39-22-25-16-17-25/h4,6-7,10-12,25,28-32H,1-3,5,8-9,13-24H2,(H,39,46)(H,40,47)(H,41,44)/t28-,30-,31+,32+,38-/m1/s1. The molecule has 6 aliphatic rings. The Kier molecular flexibility index (Phi) is 10.3. The number of nitrogens with one attached hydrogen (secondary N) is 3. The maximum Gasteiger partial charge on any atom is 0.410 e. The second kappa shape index (κ2) is 15.0. The summed E-state index contributed by atoms with van der Waals surface area (Å²) in [7, 11) is 0. The summed E-state index contributed by atoms with van der Waals surface area (Å²) in [6.45, 7) is 1.53. The number of hydrogen-bond acceptors (Lipinski definition) is 7. The number of benzene rings is 1.